The normalized spacial score (nSPS) is 11.5. The lowest BCUT2D eigenvalue weighted by Gasteiger charge is -2.07. The SMILES string of the molecule is Nc1cc(F)ccc1SCCS(=O)(=O)c1ccc(Br)cc1. The molecule has 7 heteroatoms. The van der Waals surface area contributed by atoms with E-state index >= 15 is 0 Å². The Morgan fingerprint density at radius 2 is 1.81 bits per heavy atom. The molecule has 0 aromatic heterocycles. The maximum Gasteiger partial charge on any atom is 0.179 e. The average molecular weight is 390 g/mol. The summed E-state index contributed by atoms with van der Waals surface area (Å²) in [5.41, 5.74) is 6.00. The van der Waals surface area contributed by atoms with Crippen molar-refractivity contribution < 1.29 is 12.8 Å². The van der Waals surface area contributed by atoms with Crippen molar-refractivity contribution in [3.8, 4) is 0 Å². The monoisotopic (exact) mass is 389 g/mol. The molecular weight excluding hydrogens is 377 g/mol. The summed E-state index contributed by atoms with van der Waals surface area (Å²) in [5.74, 6) is -0.0519. The quantitative estimate of drug-likeness (QED) is 0.624. The van der Waals surface area contributed by atoms with Gasteiger partial charge in [0, 0.05) is 20.8 Å². The molecule has 2 rings (SSSR count). The third-order valence-corrected chi connectivity index (χ3v) is 6.36. The fourth-order valence-electron chi connectivity index (χ4n) is 1.67. The van der Waals surface area contributed by atoms with E-state index in [-0.39, 0.29) is 5.75 Å². The van der Waals surface area contributed by atoms with E-state index in [9.17, 15) is 12.8 Å². The molecule has 2 aromatic rings. The van der Waals surface area contributed by atoms with Crippen molar-refractivity contribution in [2.24, 2.45) is 0 Å². The summed E-state index contributed by atoms with van der Waals surface area (Å²) in [6.45, 7) is 0. The molecule has 0 amide bonds. The van der Waals surface area contributed by atoms with Crippen molar-refractivity contribution in [3.63, 3.8) is 0 Å². The molecule has 0 radical (unpaired) electrons. The molecule has 0 saturated carbocycles. The number of anilines is 1. The van der Waals surface area contributed by atoms with Gasteiger partial charge in [-0.1, -0.05) is 15.9 Å². The average Bonchev–Trinajstić information content (AvgIpc) is 2.41. The van der Waals surface area contributed by atoms with E-state index in [0.717, 1.165) is 4.47 Å². The highest BCUT2D eigenvalue weighted by Crippen LogP contribution is 2.26. The molecule has 0 bridgehead atoms. The van der Waals surface area contributed by atoms with Crippen LogP contribution < -0.4 is 5.73 Å². The van der Waals surface area contributed by atoms with Crippen LogP contribution in [0.4, 0.5) is 10.1 Å². The number of rotatable bonds is 5. The summed E-state index contributed by atoms with van der Waals surface area (Å²) < 4.78 is 38.1. The third kappa shape index (κ3) is 4.46. The first-order chi connectivity index (χ1) is 9.88. The van der Waals surface area contributed by atoms with Gasteiger partial charge in [-0.15, -0.1) is 11.8 Å². The molecule has 0 saturated heterocycles. The predicted octanol–water partition coefficient (Wildman–Crippen LogP) is 3.74. The second-order valence-electron chi connectivity index (χ2n) is 4.30. The van der Waals surface area contributed by atoms with Crippen LogP contribution in [0.1, 0.15) is 0 Å². The van der Waals surface area contributed by atoms with Crippen LogP contribution in [0, 0.1) is 5.82 Å². The minimum Gasteiger partial charge on any atom is -0.398 e. The van der Waals surface area contributed by atoms with E-state index in [1.807, 2.05) is 0 Å². The van der Waals surface area contributed by atoms with Crippen LogP contribution in [0.25, 0.3) is 0 Å². The second kappa shape index (κ2) is 6.81. The van der Waals surface area contributed by atoms with Gasteiger partial charge in [-0.2, -0.15) is 0 Å². The van der Waals surface area contributed by atoms with Crippen LogP contribution in [-0.4, -0.2) is 19.9 Å². The first-order valence-electron chi connectivity index (χ1n) is 6.04. The predicted molar refractivity (Wildman–Crippen MR) is 87.7 cm³/mol. The molecule has 21 heavy (non-hydrogen) atoms. The molecule has 112 valence electrons. The number of hydrogen-bond acceptors (Lipinski definition) is 4. The maximum atomic E-state index is 12.9. The Morgan fingerprint density at radius 3 is 2.43 bits per heavy atom. The molecule has 2 aromatic carbocycles. The lowest BCUT2D eigenvalue weighted by atomic mass is 10.3. The largest absolute Gasteiger partial charge is 0.398 e. The van der Waals surface area contributed by atoms with Crippen LogP contribution in [0.5, 0.6) is 0 Å². The van der Waals surface area contributed by atoms with Gasteiger partial charge in [-0.25, -0.2) is 12.8 Å². The van der Waals surface area contributed by atoms with Gasteiger partial charge in [0.2, 0.25) is 0 Å². The highest BCUT2D eigenvalue weighted by Gasteiger charge is 2.14. The minimum atomic E-state index is -3.32. The smallest absolute Gasteiger partial charge is 0.179 e. The fourth-order valence-corrected chi connectivity index (χ4v) is 4.54. The molecule has 0 heterocycles. The number of nitrogen functional groups attached to an aromatic ring is 1. The molecule has 0 aliphatic carbocycles. The lowest BCUT2D eigenvalue weighted by molar-refractivity contribution is 0.597. The highest BCUT2D eigenvalue weighted by molar-refractivity contribution is 9.10. The zero-order valence-corrected chi connectivity index (χ0v) is 14.1. The van der Waals surface area contributed by atoms with Crippen LogP contribution in [0.2, 0.25) is 0 Å². The summed E-state index contributed by atoms with van der Waals surface area (Å²) in [6, 6.07) is 10.6. The molecule has 2 N–H and O–H groups in total. The zero-order valence-electron chi connectivity index (χ0n) is 10.9. The molecule has 0 aliphatic heterocycles. The van der Waals surface area contributed by atoms with Gasteiger partial charge in [-0.3, -0.25) is 0 Å². The Bertz CT molecular complexity index is 733. The number of nitrogens with two attached hydrogens (primary N) is 1. The summed E-state index contributed by atoms with van der Waals surface area (Å²) in [4.78, 5) is 0.973. The van der Waals surface area contributed by atoms with Crippen molar-refractivity contribution in [2.75, 3.05) is 17.2 Å². The standard InChI is InChI=1S/C14H13BrFNO2S2/c15-10-1-4-12(5-2-10)21(18,19)8-7-20-14-6-3-11(16)9-13(14)17/h1-6,9H,7-8,17H2. The molecule has 0 atom stereocenters. The van der Waals surface area contributed by atoms with Crippen LogP contribution in [-0.2, 0) is 9.84 Å². The summed E-state index contributed by atoms with van der Waals surface area (Å²) in [7, 11) is -3.32. The van der Waals surface area contributed by atoms with Crippen molar-refractivity contribution in [2.45, 2.75) is 9.79 Å². The van der Waals surface area contributed by atoms with Crippen LogP contribution in [0.3, 0.4) is 0 Å². The number of thioether (sulfide) groups is 1. The molecule has 0 aliphatic rings. The Hall–Kier alpha value is -1.05. The minimum absolute atomic E-state index is 0.00385. The maximum absolute atomic E-state index is 12.9. The van der Waals surface area contributed by atoms with Gasteiger partial charge in [-0.05, 0) is 42.5 Å². The Labute approximate surface area is 135 Å². The molecule has 0 fully saturated rings. The van der Waals surface area contributed by atoms with Gasteiger partial charge < -0.3 is 5.73 Å². The number of benzene rings is 2. The van der Waals surface area contributed by atoms with Crippen molar-refractivity contribution in [3.05, 3.63) is 52.8 Å². The lowest BCUT2D eigenvalue weighted by Crippen LogP contribution is -2.08. The van der Waals surface area contributed by atoms with E-state index in [2.05, 4.69) is 15.9 Å². The first kappa shape index (κ1) is 16.3. The van der Waals surface area contributed by atoms with E-state index in [0.29, 0.717) is 21.2 Å². The summed E-state index contributed by atoms with van der Waals surface area (Å²) in [5, 5.41) is 0. The van der Waals surface area contributed by atoms with E-state index in [1.165, 1.54) is 23.9 Å². The van der Waals surface area contributed by atoms with Crippen molar-refractivity contribution in [1.29, 1.82) is 0 Å². The van der Waals surface area contributed by atoms with E-state index in [1.54, 1.807) is 30.3 Å². The molecule has 3 nitrogen and oxygen atoms in total. The summed E-state index contributed by atoms with van der Waals surface area (Å²) in [6.07, 6.45) is 0. The molecule has 0 unspecified atom stereocenters. The zero-order chi connectivity index (χ0) is 15.5. The first-order valence-corrected chi connectivity index (χ1v) is 9.48. The number of sulfone groups is 1. The highest BCUT2D eigenvalue weighted by atomic mass is 79.9. The van der Waals surface area contributed by atoms with Crippen LogP contribution >= 0.6 is 27.7 Å². The number of hydrogen-bond donors (Lipinski definition) is 1. The Morgan fingerprint density at radius 1 is 1.14 bits per heavy atom. The molecular formula is C14H13BrFNO2S2. The van der Waals surface area contributed by atoms with Gasteiger partial charge in [0.15, 0.2) is 9.84 Å². The van der Waals surface area contributed by atoms with Gasteiger partial charge >= 0.3 is 0 Å². The van der Waals surface area contributed by atoms with E-state index < -0.39 is 15.7 Å². The second-order valence-corrected chi connectivity index (χ2v) is 8.46. The van der Waals surface area contributed by atoms with Gasteiger partial charge in [0.1, 0.15) is 5.82 Å². The van der Waals surface area contributed by atoms with Gasteiger partial charge in [0.25, 0.3) is 0 Å². The van der Waals surface area contributed by atoms with Crippen molar-refractivity contribution in [1.82, 2.24) is 0 Å². The molecule has 0 spiro atoms. The Balaban J connectivity index is 2.00. The summed E-state index contributed by atoms with van der Waals surface area (Å²) >= 11 is 4.57. The third-order valence-electron chi connectivity index (χ3n) is 2.75. The number of halogens is 2. The Kier molecular flexibility index (Phi) is 5.29. The van der Waals surface area contributed by atoms with Crippen molar-refractivity contribution >= 4 is 43.2 Å². The van der Waals surface area contributed by atoms with Crippen LogP contribution in [0.15, 0.2) is 56.7 Å². The van der Waals surface area contributed by atoms with E-state index in [4.69, 9.17) is 5.73 Å². The topological polar surface area (TPSA) is 60.2 Å². The fraction of sp³-hybridized carbons (Fsp3) is 0.143. The van der Waals surface area contributed by atoms with Gasteiger partial charge in [0.05, 0.1) is 10.6 Å².